The lowest BCUT2D eigenvalue weighted by atomic mass is 9.88. The molecule has 0 atom stereocenters. The Hall–Kier alpha value is -1.91. The summed E-state index contributed by atoms with van der Waals surface area (Å²) in [4.78, 5) is 0. The molecule has 0 unspecified atom stereocenters. The number of hydrogen-bond donors (Lipinski definition) is 2. The summed E-state index contributed by atoms with van der Waals surface area (Å²) in [6, 6.07) is 3.36. The highest BCUT2D eigenvalue weighted by molar-refractivity contribution is 5.76. The smallest absolute Gasteiger partial charge is 0.153 e. The van der Waals surface area contributed by atoms with Gasteiger partial charge in [-0.1, -0.05) is 20.8 Å². The summed E-state index contributed by atoms with van der Waals surface area (Å²) >= 11 is 0. The Kier molecular flexibility index (Phi) is 3.30. The highest BCUT2D eigenvalue weighted by Gasteiger charge is 2.20. The van der Waals surface area contributed by atoms with Gasteiger partial charge in [-0.25, -0.2) is 8.78 Å². The normalized spacial score (nSPS) is 11.8. The second-order valence-corrected chi connectivity index (χ2v) is 5.86. The second-order valence-electron chi connectivity index (χ2n) is 5.86. The molecule has 1 aromatic carbocycles. The van der Waals surface area contributed by atoms with Crippen LogP contribution in [0, 0.1) is 17.0 Å². The molecule has 0 saturated heterocycles. The number of aromatic nitrogens is 2. The van der Waals surface area contributed by atoms with Crippen LogP contribution in [0.1, 0.15) is 26.5 Å². The number of H-pyrrole nitrogens is 1. The van der Waals surface area contributed by atoms with Gasteiger partial charge < -0.3 is 5.73 Å². The third kappa shape index (κ3) is 3.10. The van der Waals surface area contributed by atoms with Crippen molar-refractivity contribution in [3.05, 3.63) is 35.5 Å². The molecular formula is C14H17F2N3. The SMILES string of the molecule is CC(C)(C)Cc1[nH]nc(N)c1-c1cc(F)cc(F)c1. The molecule has 1 aromatic heterocycles. The molecule has 19 heavy (non-hydrogen) atoms. The molecule has 0 saturated carbocycles. The van der Waals surface area contributed by atoms with Crippen molar-refractivity contribution < 1.29 is 8.78 Å². The Bertz CT molecular complexity index is 577. The van der Waals surface area contributed by atoms with Crippen LogP contribution in [0.5, 0.6) is 0 Å². The minimum atomic E-state index is -0.627. The minimum absolute atomic E-state index is 0.0135. The Morgan fingerprint density at radius 2 is 1.74 bits per heavy atom. The van der Waals surface area contributed by atoms with Crippen LogP contribution >= 0.6 is 0 Å². The molecule has 5 heteroatoms. The standard InChI is InChI=1S/C14H17F2N3/c1-14(2,3)7-11-12(13(17)19-18-11)8-4-9(15)6-10(16)5-8/h4-6H,7H2,1-3H3,(H3,17,18,19). The van der Waals surface area contributed by atoms with Crippen molar-refractivity contribution in [3.8, 4) is 11.1 Å². The number of rotatable bonds is 2. The Balaban J connectivity index is 2.52. The third-order valence-corrected chi connectivity index (χ3v) is 2.73. The summed E-state index contributed by atoms with van der Waals surface area (Å²) in [6.07, 6.45) is 0.685. The van der Waals surface area contributed by atoms with Crippen molar-refractivity contribution in [2.75, 3.05) is 5.73 Å². The summed E-state index contributed by atoms with van der Waals surface area (Å²) in [6.45, 7) is 6.21. The first kappa shape index (κ1) is 13.5. The molecule has 0 bridgehead atoms. The van der Waals surface area contributed by atoms with Crippen LogP contribution in [0.2, 0.25) is 0 Å². The fraction of sp³-hybridized carbons (Fsp3) is 0.357. The Morgan fingerprint density at radius 1 is 1.16 bits per heavy atom. The van der Waals surface area contributed by atoms with Crippen LogP contribution in [-0.2, 0) is 6.42 Å². The van der Waals surface area contributed by atoms with Crippen molar-refractivity contribution in [1.82, 2.24) is 10.2 Å². The highest BCUT2D eigenvalue weighted by atomic mass is 19.1. The fourth-order valence-electron chi connectivity index (χ4n) is 2.07. The zero-order valence-corrected chi connectivity index (χ0v) is 11.2. The molecule has 1 heterocycles. The quantitative estimate of drug-likeness (QED) is 0.872. The molecular weight excluding hydrogens is 248 g/mol. The van der Waals surface area contributed by atoms with E-state index in [-0.39, 0.29) is 11.2 Å². The van der Waals surface area contributed by atoms with Gasteiger partial charge in [-0.15, -0.1) is 0 Å². The zero-order valence-electron chi connectivity index (χ0n) is 11.2. The number of benzene rings is 1. The number of halogens is 2. The first-order chi connectivity index (χ1) is 8.76. The number of nitrogen functional groups attached to an aromatic ring is 1. The maximum Gasteiger partial charge on any atom is 0.153 e. The van der Waals surface area contributed by atoms with Gasteiger partial charge >= 0.3 is 0 Å². The number of aromatic amines is 1. The summed E-state index contributed by atoms with van der Waals surface area (Å²) in [5, 5.41) is 6.79. The van der Waals surface area contributed by atoms with E-state index in [9.17, 15) is 8.78 Å². The largest absolute Gasteiger partial charge is 0.382 e. The lowest BCUT2D eigenvalue weighted by Crippen LogP contribution is -2.10. The van der Waals surface area contributed by atoms with Gasteiger partial charge in [-0.3, -0.25) is 5.10 Å². The van der Waals surface area contributed by atoms with E-state index in [1.807, 2.05) is 0 Å². The molecule has 0 spiro atoms. The van der Waals surface area contributed by atoms with Gasteiger partial charge in [0.05, 0.1) is 0 Å². The van der Waals surface area contributed by atoms with Gasteiger partial charge in [0.15, 0.2) is 5.82 Å². The maximum absolute atomic E-state index is 13.3. The molecule has 2 rings (SSSR count). The van der Waals surface area contributed by atoms with Crippen LogP contribution in [0.4, 0.5) is 14.6 Å². The molecule has 0 radical (unpaired) electrons. The summed E-state index contributed by atoms with van der Waals surface area (Å²) in [5.41, 5.74) is 7.59. The summed E-state index contributed by atoms with van der Waals surface area (Å²) in [5.74, 6) is -1.00. The number of nitrogens with two attached hydrogens (primary N) is 1. The van der Waals surface area contributed by atoms with E-state index >= 15 is 0 Å². The first-order valence-electron chi connectivity index (χ1n) is 6.05. The van der Waals surface area contributed by atoms with E-state index in [0.29, 0.717) is 17.5 Å². The van der Waals surface area contributed by atoms with Gasteiger partial charge in [-0.05, 0) is 29.5 Å². The monoisotopic (exact) mass is 265 g/mol. The van der Waals surface area contributed by atoms with Gasteiger partial charge in [0.2, 0.25) is 0 Å². The average Bonchev–Trinajstić information content (AvgIpc) is 2.55. The van der Waals surface area contributed by atoms with Crippen LogP contribution in [0.3, 0.4) is 0 Å². The van der Waals surface area contributed by atoms with Crippen LogP contribution in [-0.4, -0.2) is 10.2 Å². The fourth-order valence-corrected chi connectivity index (χ4v) is 2.07. The molecule has 2 aromatic rings. The summed E-state index contributed by atoms with van der Waals surface area (Å²) < 4.78 is 26.6. The number of nitrogens with one attached hydrogen (secondary N) is 1. The molecule has 0 fully saturated rings. The van der Waals surface area contributed by atoms with Crippen molar-refractivity contribution >= 4 is 5.82 Å². The van der Waals surface area contributed by atoms with Crippen LogP contribution in [0.25, 0.3) is 11.1 Å². The zero-order chi connectivity index (χ0) is 14.2. The summed E-state index contributed by atoms with van der Waals surface area (Å²) in [7, 11) is 0. The molecule has 0 amide bonds. The predicted molar refractivity (Wildman–Crippen MR) is 71.5 cm³/mol. The number of nitrogens with zero attached hydrogens (tertiary/aromatic N) is 1. The topological polar surface area (TPSA) is 54.7 Å². The minimum Gasteiger partial charge on any atom is -0.382 e. The number of anilines is 1. The molecule has 0 aliphatic rings. The number of hydrogen-bond acceptors (Lipinski definition) is 2. The molecule has 3 N–H and O–H groups in total. The average molecular weight is 265 g/mol. The molecule has 3 nitrogen and oxygen atoms in total. The van der Waals surface area contributed by atoms with E-state index in [1.165, 1.54) is 12.1 Å². The Labute approximate surface area is 110 Å². The van der Waals surface area contributed by atoms with E-state index in [2.05, 4.69) is 31.0 Å². The molecule has 102 valence electrons. The van der Waals surface area contributed by atoms with Crippen molar-refractivity contribution in [3.63, 3.8) is 0 Å². The van der Waals surface area contributed by atoms with E-state index in [1.54, 1.807) is 0 Å². The molecule has 0 aliphatic heterocycles. The predicted octanol–water partition coefficient (Wildman–Crippen LogP) is 3.53. The van der Waals surface area contributed by atoms with Gasteiger partial charge in [0.1, 0.15) is 11.6 Å². The second kappa shape index (κ2) is 4.64. The highest BCUT2D eigenvalue weighted by Crippen LogP contribution is 2.32. The van der Waals surface area contributed by atoms with Gasteiger partial charge in [0.25, 0.3) is 0 Å². The lowest BCUT2D eigenvalue weighted by molar-refractivity contribution is 0.406. The lowest BCUT2D eigenvalue weighted by Gasteiger charge is -2.17. The van der Waals surface area contributed by atoms with E-state index < -0.39 is 11.6 Å². The van der Waals surface area contributed by atoms with Gasteiger partial charge in [-0.2, -0.15) is 5.10 Å². The van der Waals surface area contributed by atoms with Gasteiger partial charge in [0, 0.05) is 17.3 Å². The van der Waals surface area contributed by atoms with E-state index in [0.717, 1.165) is 11.8 Å². The first-order valence-corrected chi connectivity index (χ1v) is 6.05. The molecule has 0 aliphatic carbocycles. The van der Waals surface area contributed by atoms with Crippen molar-refractivity contribution in [2.24, 2.45) is 5.41 Å². The van der Waals surface area contributed by atoms with Crippen LogP contribution < -0.4 is 5.73 Å². The van der Waals surface area contributed by atoms with Crippen molar-refractivity contribution in [2.45, 2.75) is 27.2 Å². The Morgan fingerprint density at radius 3 is 2.26 bits per heavy atom. The van der Waals surface area contributed by atoms with E-state index in [4.69, 9.17) is 5.73 Å². The van der Waals surface area contributed by atoms with Crippen molar-refractivity contribution in [1.29, 1.82) is 0 Å². The third-order valence-electron chi connectivity index (χ3n) is 2.73. The maximum atomic E-state index is 13.3. The van der Waals surface area contributed by atoms with Crippen LogP contribution in [0.15, 0.2) is 18.2 Å².